The molecule has 3 aromatic rings. The highest BCUT2D eigenvalue weighted by molar-refractivity contribution is 7.90. The summed E-state index contributed by atoms with van der Waals surface area (Å²) in [5.41, 5.74) is 1.73. The van der Waals surface area contributed by atoms with Crippen LogP contribution in [0.25, 0.3) is 0 Å². The number of ketones is 1. The first kappa shape index (κ1) is 21.3. The van der Waals surface area contributed by atoms with Gasteiger partial charge in [0.1, 0.15) is 11.5 Å². The molecular formula is C24H20N2O5S. The fourth-order valence-corrected chi connectivity index (χ4v) is 4.32. The number of ether oxygens (including phenoxy) is 2. The molecule has 0 atom stereocenters. The Labute approximate surface area is 186 Å². The standard InChI is InChI=1S/C24H20N2O5S/c1-30-16-11-13-17(14-12-16)32(28,29)26-21-15-22(24(27)19-8-4-3-7-18(19)21)25-20-9-5-6-10-23(20)31-2/h3-15,25H,1-2H3. The number of methoxy groups -OCH3 is 2. The lowest BCUT2D eigenvalue weighted by Gasteiger charge is -2.19. The third-order valence-electron chi connectivity index (χ3n) is 4.93. The number of allylic oxidation sites excluding steroid dienone is 2. The Morgan fingerprint density at radius 2 is 1.47 bits per heavy atom. The number of para-hydroxylation sites is 2. The lowest BCUT2D eigenvalue weighted by Crippen LogP contribution is -2.22. The van der Waals surface area contributed by atoms with Crippen LogP contribution in [-0.2, 0) is 10.0 Å². The summed E-state index contributed by atoms with van der Waals surface area (Å²) in [6, 6.07) is 19.9. The van der Waals surface area contributed by atoms with Gasteiger partial charge in [0, 0.05) is 11.1 Å². The number of hydrogen-bond donors (Lipinski definition) is 1. The molecular weight excluding hydrogens is 428 g/mol. The molecule has 0 bridgehead atoms. The third-order valence-corrected chi connectivity index (χ3v) is 6.23. The van der Waals surface area contributed by atoms with Gasteiger partial charge in [-0.05, 0) is 42.5 Å². The number of carbonyl (C=O) groups excluding carboxylic acids is 1. The third kappa shape index (κ3) is 4.13. The SMILES string of the molecule is COc1ccc(S(=O)(=O)N=C2C=C(Nc3ccccc3OC)C(=O)c3ccccc32)cc1. The van der Waals surface area contributed by atoms with Crippen molar-refractivity contribution in [2.75, 3.05) is 19.5 Å². The van der Waals surface area contributed by atoms with Gasteiger partial charge in [-0.2, -0.15) is 12.8 Å². The minimum absolute atomic E-state index is 0.0211. The summed E-state index contributed by atoms with van der Waals surface area (Å²) >= 11 is 0. The van der Waals surface area contributed by atoms with Crippen molar-refractivity contribution in [2.45, 2.75) is 4.90 Å². The van der Waals surface area contributed by atoms with E-state index in [0.29, 0.717) is 28.3 Å². The summed E-state index contributed by atoms with van der Waals surface area (Å²) < 4.78 is 40.4. The molecule has 0 spiro atoms. The first-order chi connectivity index (χ1) is 15.4. The van der Waals surface area contributed by atoms with E-state index in [0.717, 1.165) is 0 Å². The molecule has 3 aromatic carbocycles. The number of benzene rings is 3. The summed E-state index contributed by atoms with van der Waals surface area (Å²) in [6.45, 7) is 0. The molecule has 0 heterocycles. The van der Waals surface area contributed by atoms with E-state index >= 15 is 0 Å². The van der Waals surface area contributed by atoms with E-state index in [2.05, 4.69) is 9.71 Å². The average molecular weight is 449 g/mol. The Morgan fingerprint density at radius 3 is 2.16 bits per heavy atom. The van der Waals surface area contributed by atoms with Crippen LogP contribution in [0.1, 0.15) is 15.9 Å². The molecule has 1 aliphatic carbocycles. The van der Waals surface area contributed by atoms with Gasteiger partial charge in [-0.25, -0.2) is 0 Å². The van der Waals surface area contributed by atoms with Crippen LogP contribution in [0.3, 0.4) is 0 Å². The summed E-state index contributed by atoms with van der Waals surface area (Å²) in [7, 11) is -1.00. The minimum Gasteiger partial charge on any atom is -0.497 e. The molecule has 0 unspecified atom stereocenters. The summed E-state index contributed by atoms with van der Waals surface area (Å²) in [6.07, 6.45) is 1.44. The lowest BCUT2D eigenvalue weighted by molar-refractivity contribution is 0.103. The molecule has 7 nitrogen and oxygen atoms in total. The van der Waals surface area contributed by atoms with Crippen molar-refractivity contribution in [1.82, 2.24) is 0 Å². The number of Topliss-reactive ketones (excluding diaryl/α,β-unsaturated/α-hetero) is 1. The zero-order chi connectivity index (χ0) is 22.7. The highest BCUT2D eigenvalue weighted by atomic mass is 32.2. The normalized spacial score (nSPS) is 14.5. The minimum atomic E-state index is -4.03. The highest BCUT2D eigenvalue weighted by Gasteiger charge is 2.26. The van der Waals surface area contributed by atoms with Gasteiger partial charge in [0.25, 0.3) is 10.0 Å². The summed E-state index contributed by atoms with van der Waals surface area (Å²) in [5, 5.41) is 3.06. The predicted octanol–water partition coefficient (Wildman–Crippen LogP) is 4.07. The number of anilines is 1. The number of hydrogen-bond acceptors (Lipinski definition) is 6. The molecule has 162 valence electrons. The summed E-state index contributed by atoms with van der Waals surface area (Å²) in [5.74, 6) is 0.810. The molecule has 0 radical (unpaired) electrons. The van der Waals surface area contributed by atoms with E-state index in [-0.39, 0.29) is 22.1 Å². The van der Waals surface area contributed by atoms with E-state index in [4.69, 9.17) is 9.47 Å². The molecule has 32 heavy (non-hydrogen) atoms. The van der Waals surface area contributed by atoms with Gasteiger partial charge < -0.3 is 14.8 Å². The van der Waals surface area contributed by atoms with Crippen LogP contribution in [0, 0.1) is 0 Å². The largest absolute Gasteiger partial charge is 0.497 e. The Kier molecular flexibility index (Phi) is 5.79. The number of rotatable bonds is 6. The van der Waals surface area contributed by atoms with Crippen molar-refractivity contribution in [3.05, 3.63) is 95.7 Å². The maximum Gasteiger partial charge on any atom is 0.282 e. The second-order valence-electron chi connectivity index (χ2n) is 6.89. The monoisotopic (exact) mass is 448 g/mol. The maximum atomic E-state index is 13.1. The van der Waals surface area contributed by atoms with Gasteiger partial charge in [-0.3, -0.25) is 4.79 Å². The van der Waals surface area contributed by atoms with E-state index in [1.165, 1.54) is 32.4 Å². The molecule has 0 saturated carbocycles. The molecule has 0 amide bonds. The number of fused-ring (bicyclic) bond motifs is 1. The van der Waals surface area contributed by atoms with Crippen molar-refractivity contribution in [1.29, 1.82) is 0 Å². The van der Waals surface area contributed by atoms with Crippen LogP contribution < -0.4 is 14.8 Å². The van der Waals surface area contributed by atoms with Crippen molar-refractivity contribution >= 4 is 27.2 Å². The number of nitrogens with one attached hydrogen (secondary N) is 1. The topological polar surface area (TPSA) is 94.1 Å². The zero-order valence-corrected chi connectivity index (χ0v) is 18.2. The molecule has 0 aromatic heterocycles. The summed E-state index contributed by atoms with van der Waals surface area (Å²) in [4.78, 5) is 13.1. The number of carbonyl (C=O) groups is 1. The van der Waals surface area contributed by atoms with Crippen molar-refractivity contribution in [3.8, 4) is 11.5 Å². The van der Waals surface area contributed by atoms with Crippen LogP contribution in [0.15, 0.2) is 93.9 Å². The Balaban J connectivity index is 1.80. The van der Waals surface area contributed by atoms with E-state index in [1.54, 1.807) is 54.6 Å². The fraction of sp³-hybridized carbons (Fsp3) is 0.0833. The Morgan fingerprint density at radius 1 is 0.812 bits per heavy atom. The van der Waals surface area contributed by atoms with Gasteiger partial charge in [-0.15, -0.1) is 0 Å². The van der Waals surface area contributed by atoms with Crippen LogP contribution in [0.4, 0.5) is 5.69 Å². The van der Waals surface area contributed by atoms with Crippen molar-refractivity contribution < 1.29 is 22.7 Å². The predicted molar refractivity (Wildman–Crippen MR) is 122 cm³/mol. The van der Waals surface area contributed by atoms with E-state index in [9.17, 15) is 13.2 Å². The second kappa shape index (κ2) is 8.68. The Hall–Kier alpha value is -3.91. The molecule has 1 N–H and O–H groups in total. The van der Waals surface area contributed by atoms with E-state index < -0.39 is 10.0 Å². The van der Waals surface area contributed by atoms with Crippen molar-refractivity contribution in [2.24, 2.45) is 4.40 Å². The zero-order valence-electron chi connectivity index (χ0n) is 17.4. The molecule has 0 aliphatic heterocycles. The second-order valence-corrected chi connectivity index (χ2v) is 8.49. The van der Waals surface area contributed by atoms with Gasteiger partial charge in [0.05, 0.1) is 36.2 Å². The Bertz CT molecular complexity index is 1340. The van der Waals surface area contributed by atoms with Gasteiger partial charge in [0.2, 0.25) is 5.78 Å². The lowest BCUT2D eigenvalue weighted by atomic mass is 9.92. The molecule has 4 rings (SSSR count). The van der Waals surface area contributed by atoms with Crippen LogP contribution >= 0.6 is 0 Å². The molecule has 1 aliphatic rings. The number of nitrogens with zero attached hydrogens (tertiary/aromatic N) is 1. The molecule has 0 fully saturated rings. The van der Waals surface area contributed by atoms with Gasteiger partial charge in [-0.1, -0.05) is 36.4 Å². The number of sulfonamides is 1. The first-order valence-electron chi connectivity index (χ1n) is 9.68. The molecule has 8 heteroatoms. The van der Waals surface area contributed by atoms with Crippen LogP contribution in [0.2, 0.25) is 0 Å². The van der Waals surface area contributed by atoms with Crippen LogP contribution in [-0.4, -0.2) is 34.1 Å². The van der Waals surface area contributed by atoms with Gasteiger partial charge in [0.15, 0.2) is 0 Å². The van der Waals surface area contributed by atoms with Gasteiger partial charge >= 0.3 is 0 Å². The average Bonchev–Trinajstić information content (AvgIpc) is 2.82. The quantitative estimate of drug-likeness (QED) is 0.611. The van der Waals surface area contributed by atoms with Crippen LogP contribution in [0.5, 0.6) is 11.5 Å². The molecule has 0 saturated heterocycles. The van der Waals surface area contributed by atoms with Crippen molar-refractivity contribution in [3.63, 3.8) is 0 Å². The smallest absolute Gasteiger partial charge is 0.282 e. The fourth-order valence-electron chi connectivity index (χ4n) is 3.32. The first-order valence-corrected chi connectivity index (χ1v) is 11.1. The van der Waals surface area contributed by atoms with E-state index in [1.807, 2.05) is 6.07 Å². The maximum absolute atomic E-state index is 13.1. The highest BCUT2D eigenvalue weighted by Crippen LogP contribution is 2.29.